The second-order valence-electron chi connectivity index (χ2n) is 5.36. The molecule has 1 aromatic carbocycles. The Kier molecular flexibility index (Phi) is 6.35. The minimum absolute atomic E-state index is 0.112. The molecule has 1 amide bonds. The van der Waals surface area contributed by atoms with E-state index in [0.29, 0.717) is 6.54 Å². The molecule has 2 aromatic rings. The summed E-state index contributed by atoms with van der Waals surface area (Å²) in [4.78, 5) is 25.5. The van der Waals surface area contributed by atoms with Crippen molar-refractivity contribution in [2.45, 2.75) is 11.4 Å². The van der Waals surface area contributed by atoms with Crippen LogP contribution >= 0.6 is 11.3 Å². The van der Waals surface area contributed by atoms with Gasteiger partial charge in [0.1, 0.15) is 11.3 Å². The number of rotatable bonds is 7. The van der Waals surface area contributed by atoms with Gasteiger partial charge in [-0.1, -0.05) is 0 Å². The van der Waals surface area contributed by atoms with Crippen LogP contribution < -0.4 is 9.88 Å². The highest BCUT2D eigenvalue weighted by Gasteiger charge is 2.20. The highest BCUT2D eigenvalue weighted by atomic mass is 32.2. The zero-order valence-electron chi connectivity index (χ0n) is 14.2. The first-order valence-electron chi connectivity index (χ1n) is 7.35. The Bertz CT molecular complexity index is 893. The van der Waals surface area contributed by atoms with E-state index in [0.717, 1.165) is 11.6 Å². The highest BCUT2D eigenvalue weighted by Crippen LogP contribution is 2.22. The molecular weight excluding hydrogens is 380 g/mol. The number of hydrogen-bond acceptors (Lipinski definition) is 7. The lowest BCUT2D eigenvalue weighted by atomic mass is 10.2. The number of nitrogens with two attached hydrogens (primary N) is 1. The van der Waals surface area contributed by atoms with Crippen LogP contribution in [0.25, 0.3) is 0 Å². The maximum atomic E-state index is 12.2. The molecular formula is C16H18N2O6S2. The number of carbonyl (C=O) groups is 2. The van der Waals surface area contributed by atoms with E-state index in [1.807, 2.05) is 16.8 Å². The third-order valence-electron chi connectivity index (χ3n) is 3.47. The maximum absolute atomic E-state index is 12.2. The molecule has 0 aliphatic rings. The second kappa shape index (κ2) is 8.30. The predicted octanol–water partition coefficient (Wildman–Crippen LogP) is 1.22. The van der Waals surface area contributed by atoms with Crippen LogP contribution in [0.3, 0.4) is 0 Å². The van der Waals surface area contributed by atoms with Gasteiger partial charge in [-0.2, -0.15) is 11.3 Å². The lowest BCUT2D eigenvalue weighted by Crippen LogP contribution is -2.30. The number of primary sulfonamides is 1. The van der Waals surface area contributed by atoms with Crippen LogP contribution in [-0.2, 0) is 26.1 Å². The van der Waals surface area contributed by atoms with Gasteiger partial charge in [0.2, 0.25) is 10.0 Å². The first-order valence-corrected chi connectivity index (χ1v) is 9.84. The molecule has 140 valence electrons. The molecule has 0 atom stereocenters. The van der Waals surface area contributed by atoms with Gasteiger partial charge in [0, 0.05) is 13.6 Å². The molecule has 2 rings (SSSR count). The van der Waals surface area contributed by atoms with Crippen LogP contribution in [-0.4, -0.2) is 46.0 Å². The molecule has 0 unspecified atom stereocenters. The Labute approximate surface area is 155 Å². The summed E-state index contributed by atoms with van der Waals surface area (Å²) in [5.41, 5.74) is 0.840. The quantitative estimate of drug-likeness (QED) is 0.701. The van der Waals surface area contributed by atoms with Gasteiger partial charge in [0.05, 0.1) is 12.0 Å². The molecule has 0 bridgehead atoms. The Hall–Kier alpha value is -2.43. The molecule has 0 saturated carbocycles. The van der Waals surface area contributed by atoms with Gasteiger partial charge < -0.3 is 14.4 Å². The van der Waals surface area contributed by atoms with Crippen LogP contribution in [0.15, 0.2) is 39.9 Å². The second-order valence-corrected chi connectivity index (χ2v) is 7.71. The number of methoxy groups -OCH3 is 1. The Morgan fingerprint density at radius 3 is 2.58 bits per heavy atom. The van der Waals surface area contributed by atoms with Crippen molar-refractivity contribution >= 4 is 33.2 Å². The lowest BCUT2D eigenvalue weighted by molar-refractivity contribution is -0.133. The molecule has 0 aliphatic carbocycles. The first kappa shape index (κ1) is 19.9. The van der Waals surface area contributed by atoms with Crippen LogP contribution in [0.4, 0.5) is 0 Å². The molecule has 0 aliphatic heterocycles. The lowest BCUT2D eigenvalue weighted by Gasteiger charge is -2.16. The van der Waals surface area contributed by atoms with E-state index in [1.165, 1.54) is 35.5 Å². The van der Waals surface area contributed by atoms with Gasteiger partial charge in [-0.15, -0.1) is 0 Å². The number of esters is 1. The van der Waals surface area contributed by atoms with E-state index < -0.39 is 28.5 Å². The number of nitrogens with zero attached hydrogens (tertiary/aromatic N) is 1. The summed E-state index contributed by atoms with van der Waals surface area (Å²) in [7, 11) is -1.08. The standard InChI is InChI=1S/C16H18N2O6S2/c1-18(8-11-5-6-25-10-11)15(19)9-24-16(20)13-7-12(26(17,21)22)3-4-14(13)23-2/h3-7,10H,8-9H2,1-2H3,(H2,17,21,22). The summed E-state index contributed by atoms with van der Waals surface area (Å²) < 4.78 is 32.9. The molecule has 1 aromatic heterocycles. The van der Waals surface area contributed by atoms with Crippen molar-refractivity contribution in [3.05, 3.63) is 46.2 Å². The third kappa shape index (κ3) is 5.04. The number of sulfonamides is 1. The van der Waals surface area contributed by atoms with E-state index >= 15 is 0 Å². The SMILES string of the molecule is COc1ccc(S(N)(=O)=O)cc1C(=O)OCC(=O)N(C)Cc1ccsc1. The highest BCUT2D eigenvalue weighted by molar-refractivity contribution is 7.89. The van der Waals surface area contributed by atoms with Gasteiger partial charge >= 0.3 is 5.97 Å². The third-order valence-corrected chi connectivity index (χ3v) is 5.11. The van der Waals surface area contributed by atoms with Crippen LogP contribution in [0.2, 0.25) is 0 Å². The average Bonchev–Trinajstić information content (AvgIpc) is 3.10. The van der Waals surface area contributed by atoms with Crippen molar-refractivity contribution in [1.29, 1.82) is 0 Å². The summed E-state index contributed by atoms with van der Waals surface area (Å²) in [6, 6.07) is 5.45. The van der Waals surface area contributed by atoms with Crippen LogP contribution in [0, 0.1) is 0 Å². The van der Waals surface area contributed by atoms with E-state index in [9.17, 15) is 18.0 Å². The van der Waals surface area contributed by atoms with Gasteiger partial charge in [-0.05, 0) is 40.6 Å². The Morgan fingerprint density at radius 1 is 1.27 bits per heavy atom. The van der Waals surface area contributed by atoms with Crippen molar-refractivity contribution in [2.24, 2.45) is 5.14 Å². The van der Waals surface area contributed by atoms with Crippen LogP contribution in [0.5, 0.6) is 5.75 Å². The summed E-state index contributed by atoms with van der Waals surface area (Å²) in [5, 5.41) is 8.88. The van der Waals surface area contributed by atoms with Crippen LogP contribution in [0.1, 0.15) is 15.9 Å². The van der Waals surface area contributed by atoms with Gasteiger partial charge in [-0.3, -0.25) is 4.79 Å². The van der Waals surface area contributed by atoms with E-state index in [2.05, 4.69) is 0 Å². The maximum Gasteiger partial charge on any atom is 0.342 e. The molecule has 1 heterocycles. The fourth-order valence-electron chi connectivity index (χ4n) is 2.08. The zero-order valence-corrected chi connectivity index (χ0v) is 15.8. The fraction of sp³-hybridized carbons (Fsp3) is 0.250. The van der Waals surface area contributed by atoms with Gasteiger partial charge in [0.25, 0.3) is 5.91 Å². The Morgan fingerprint density at radius 2 is 2.00 bits per heavy atom. The molecule has 0 spiro atoms. The van der Waals surface area contributed by atoms with Crippen molar-refractivity contribution in [1.82, 2.24) is 4.90 Å². The van der Waals surface area contributed by atoms with E-state index in [-0.39, 0.29) is 16.2 Å². The largest absolute Gasteiger partial charge is 0.496 e. The predicted molar refractivity (Wildman–Crippen MR) is 95.4 cm³/mol. The van der Waals surface area contributed by atoms with Gasteiger partial charge in [0.15, 0.2) is 6.61 Å². The minimum Gasteiger partial charge on any atom is -0.496 e. The van der Waals surface area contributed by atoms with Gasteiger partial charge in [-0.25, -0.2) is 18.4 Å². The zero-order chi connectivity index (χ0) is 19.3. The van der Waals surface area contributed by atoms with Crippen molar-refractivity contribution in [3.8, 4) is 5.75 Å². The summed E-state index contributed by atoms with van der Waals surface area (Å²) >= 11 is 1.52. The number of carbonyl (C=O) groups excluding carboxylic acids is 2. The first-order chi connectivity index (χ1) is 12.2. The van der Waals surface area contributed by atoms with Crippen molar-refractivity contribution < 1.29 is 27.5 Å². The number of thiophene rings is 1. The molecule has 10 heteroatoms. The molecule has 26 heavy (non-hydrogen) atoms. The van der Waals surface area contributed by atoms with E-state index in [4.69, 9.17) is 14.6 Å². The average molecular weight is 398 g/mol. The summed E-state index contributed by atoms with van der Waals surface area (Å²) in [6.45, 7) is -0.0909. The number of likely N-dealkylation sites (N-methyl/N-ethyl adjacent to an activating group) is 1. The van der Waals surface area contributed by atoms with Crippen molar-refractivity contribution in [3.63, 3.8) is 0 Å². The molecule has 0 fully saturated rings. The van der Waals surface area contributed by atoms with E-state index in [1.54, 1.807) is 7.05 Å². The fourth-order valence-corrected chi connectivity index (χ4v) is 3.28. The number of hydrogen-bond donors (Lipinski definition) is 1. The summed E-state index contributed by atoms with van der Waals surface area (Å²) in [6.07, 6.45) is 0. The number of ether oxygens (including phenoxy) is 2. The Balaban J connectivity index is 2.06. The molecule has 0 saturated heterocycles. The van der Waals surface area contributed by atoms with Crippen molar-refractivity contribution in [2.75, 3.05) is 20.8 Å². The monoisotopic (exact) mass is 398 g/mol. The molecule has 8 nitrogen and oxygen atoms in total. The number of benzene rings is 1. The summed E-state index contributed by atoms with van der Waals surface area (Å²) in [5.74, 6) is -1.17. The normalized spacial score (nSPS) is 11.0. The molecule has 0 radical (unpaired) electrons. The molecule has 2 N–H and O–H groups in total. The topological polar surface area (TPSA) is 116 Å². The number of amides is 1. The smallest absolute Gasteiger partial charge is 0.342 e. The minimum atomic E-state index is -4.00.